The minimum absolute atomic E-state index is 0.0258. The fraction of sp³-hybridized carbons (Fsp3) is 0.211. The molecule has 9 nitrogen and oxygen atoms in total. The molecule has 3 rings (SSSR count). The molecule has 1 atom stereocenters. The van der Waals surface area contributed by atoms with Crippen LogP contribution in [0, 0.1) is 17.0 Å². The average Bonchev–Trinajstić information content (AvgIpc) is 3.19. The highest BCUT2D eigenvalue weighted by Gasteiger charge is 2.18. The molecular formula is C19H16Cl2N4O5S. The molecular weight excluding hydrogens is 467 g/mol. The van der Waals surface area contributed by atoms with E-state index >= 15 is 0 Å². The molecule has 1 aromatic heterocycles. The summed E-state index contributed by atoms with van der Waals surface area (Å²) in [5, 5.41) is 22.4. The number of carbonyl (C=O) groups is 1. The third kappa shape index (κ3) is 6.09. The third-order valence-corrected chi connectivity index (χ3v) is 5.35. The van der Waals surface area contributed by atoms with Crippen LogP contribution in [0.15, 0.2) is 46.0 Å². The summed E-state index contributed by atoms with van der Waals surface area (Å²) in [4.78, 5) is 22.6. The van der Waals surface area contributed by atoms with E-state index in [2.05, 4.69) is 15.5 Å². The van der Waals surface area contributed by atoms with Crippen molar-refractivity contribution >= 4 is 52.2 Å². The number of rotatable bonds is 8. The molecule has 0 aliphatic heterocycles. The first-order valence-electron chi connectivity index (χ1n) is 8.85. The Labute approximate surface area is 191 Å². The molecule has 3 aromatic rings. The summed E-state index contributed by atoms with van der Waals surface area (Å²) in [6.45, 7) is 3.45. The van der Waals surface area contributed by atoms with Crippen LogP contribution in [-0.2, 0) is 4.79 Å². The van der Waals surface area contributed by atoms with E-state index in [-0.39, 0.29) is 28.5 Å². The minimum atomic E-state index is -0.582. The second-order valence-electron chi connectivity index (χ2n) is 6.33. The lowest BCUT2D eigenvalue weighted by Crippen LogP contribution is -2.15. The Morgan fingerprint density at radius 2 is 2.06 bits per heavy atom. The normalized spacial score (nSPS) is 11.7. The molecule has 0 spiro atoms. The van der Waals surface area contributed by atoms with Crippen LogP contribution in [0.5, 0.6) is 5.75 Å². The van der Waals surface area contributed by atoms with Crippen molar-refractivity contribution in [2.75, 3.05) is 11.1 Å². The van der Waals surface area contributed by atoms with Crippen molar-refractivity contribution in [1.82, 2.24) is 10.2 Å². The molecule has 2 aromatic carbocycles. The second kappa shape index (κ2) is 9.99. The van der Waals surface area contributed by atoms with Crippen molar-refractivity contribution in [1.29, 1.82) is 0 Å². The van der Waals surface area contributed by atoms with Gasteiger partial charge in [-0.25, -0.2) is 0 Å². The van der Waals surface area contributed by atoms with Gasteiger partial charge >= 0.3 is 0 Å². The molecule has 12 heteroatoms. The van der Waals surface area contributed by atoms with Crippen LogP contribution in [0.1, 0.15) is 24.5 Å². The third-order valence-electron chi connectivity index (χ3n) is 4.00. The van der Waals surface area contributed by atoms with Gasteiger partial charge in [0, 0.05) is 17.2 Å². The Hall–Kier alpha value is -2.82. The summed E-state index contributed by atoms with van der Waals surface area (Å²) in [6, 6.07) is 9.09. The number of benzene rings is 2. The minimum Gasteiger partial charge on any atom is -0.479 e. The van der Waals surface area contributed by atoms with Gasteiger partial charge in [0.15, 0.2) is 6.10 Å². The van der Waals surface area contributed by atoms with E-state index < -0.39 is 11.0 Å². The first kappa shape index (κ1) is 22.9. The number of halogens is 2. The van der Waals surface area contributed by atoms with Gasteiger partial charge in [0.25, 0.3) is 16.8 Å². The molecule has 0 aliphatic carbocycles. The first-order chi connectivity index (χ1) is 14.7. The Bertz CT molecular complexity index is 1120. The zero-order chi connectivity index (χ0) is 22.5. The molecule has 0 radical (unpaired) electrons. The quantitative estimate of drug-likeness (QED) is 0.255. The fourth-order valence-electron chi connectivity index (χ4n) is 2.43. The molecule has 0 bridgehead atoms. The highest BCUT2D eigenvalue weighted by atomic mass is 35.5. The molecule has 0 unspecified atom stereocenters. The number of nitro groups is 1. The molecule has 1 heterocycles. The van der Waals surface area contributed by atoms with Crippen molar-refractivity contribution in [2.45, 2.75) is 25.2 Å². The van der Waals surface area contributed by atoms with Gasteiger partial charge in [-0.15, -0.1) is 10.2 Å². The maximum atomic E-state index is 12.2. The molecule has 0 saturated carbocycles. The van der Waals surface area contributed by atoms with E-state index in [0.717, 1.165) is 11.8 Å². The smallest absolute Gasteiger partial charge is 0.277 e. The molecule has 31 heavy (non-hydrogen) atoms. The van der Waals surface area contributed by atoms with Crippen LogP contribution in [0.4, 0.5) is 11.4 Å². The number of aryl methyl sites for hydroxylation is 1. The zero-order valence-electron chi connectivity index (χ0n) is 16.3. The van der Waals surface area contributed by atoms with E-state index in [0.29, 0.717) is 27.0 Å². The van der Waals surface area contributed by atoms with Crippen LogP contribution in [0.3, 0.4) is 0 Å². The number of hydrogen-bond donors (Lipinski definition) is 1. The van der Waals surface area contributed by atoms with Crippen molar-refractivity contribution < 1.29 is 18.9 Å². The Balaban J connectivity index is 1.57. The molecule has 0 aliphatic rings. The zero-order valence-corrected chi connectivity index (χ0v) is 18.6. The predicted molar refractivity (Wildman–Crippen MR) is 117 cm³/mol. The summed E-state index contributed by atoms with van der Waals surface area (Å²) < 4.78 is 11.3. The number of nitrogens with zero attached hydrogens (tertiary/aromatic N) is 3. The van der Waals surface area contributed by atoms with Gasteiger partial charge in [-0.05, 0) is 37.6 Å². The molecule has 162 valence electrons. The number of aromatic nitrogens is 2. The first-order valence-corrected chi connectivity index (χ1v) is 10.6. The van der Waals surface area contributed by atoms with Crippen LogP contribution in [0.25, 0.3) is 0 Å². The molecule has 0 saturated heterocycles. The van der Waals surface area contributed by atoms with Crippen LogP contribution in [0.2, 0.25) is 10.0 Å². The van der Waals surface area contributed by atoms with Crippen molar-refractivity contribution in [3.8, 4) is 5.75 Å². The molecule has 1 N–H and O–H groups in total. The fourth-order valence-corrected chi connectivity index (χ4v) is 3.45. The SMILES string of the molecule is Cc1ccc([N+](=O)[O-])cc1NC(=O)CSc1nnc([C@H](C)Oc2ccc(Cl)cc2Cl)o1. The summed E-state index contributed by atoms with van der Waals surface area (Å²) in [6.07, 6.45) is -0.582. The van der Waals surface area contributed by atoms with Gasteiger partial charge in [-0.2, -0.15) is 0 Å². The van der Waals surface area contributed by atoms with E-state index in [9.17, 15) is 14.9 Å². The maximum absolute atomic E-state index is 12.2. The lowest BCUT2D eigenvalue weighted by molar-refractivity contribution is -0.384. The topological polar surface area (TPSA) is 120 Å². The summed E-state index contributed by atoms with van der Waals surface area (Å²) in [5.74, 6) is 0.230. The highest BCUT2D eigenvalue weighted by Crippen LogP contribution is 2.31. The Kier molecular flexibility index (Phi) is 7.37. The van der Waals surface area contributed by atoms with Crippen LogP contribution >= 0.6 is 35.0 Å². The Morgan fingerprint density at radius 1 is 1.29 bits per heavy atom. The number of ether oxygens (including phenoxy) is 1. The van der Waals surface area contributed by atoms with Crippen molar-refractivity contribution in [3.63, 3.8) is 0 Å². The number of nitrogens with one attached hydrogen (secondary N) is 1. The van der Waals surface area contributed by atoms with Crippen molar-refractivity contribution in [3.05, 3.63) is 68.0 Å². The molecule has 1 amide bonds. The Morgan fingerprint density at radius 3 is 2.77 bits per heavy atom. The number of non-ortho nitro benzene ring substituents is 1. The van der Waals surface area contributed by atoms with E-state index in [4.69, 9.17) is 32.4 Å². The second-order valence-corrected chi connectivity index (χ2v) is 8.10. The van der Waals surface area contributed by atoms with Gasteiger partial charge < -0.3 is 14.5 Å². The highest BCUT2D eigenvalue weighted by molar-refractivity contribution is 7.99. The molecule has 0 fully saturated rings. The van der Waals surface area contributed by atoms with Gasteiger partial charge in [-0.1, -0.05) is 41.0 Å². The van der Waals surface area contributed by atoms with Crippen LogP contribution < -0.4 is 10.1 Å². The van der Waals surface area contributed by atoms with Gasteiger partial charge in [-0.3, -0.25) is 14.9 Å². The van der Waals surface area contributed by atoms with Crippen LogP contribution in [-0.4, -0.2) is 26.8 Å². The number of carbonyl (C=O) groups excluding carboxylic acids is 1. The maximum Gasteiger partial charge on any atom is 0.277 e. The monoisotopic (exact) mass is 482 g/mol. The number of thioether (sulfide) groups is 1. The lowest BCUT2D eigenvalue weighted by atomic mass is 10.2. The van der Waals surface area contributed by atoms with Gasteiger partial charge in [0.1, 0.15) is 5.75 Å². The number of hydrogen-bond acceptors (Lipinski definition) is 8. The average molecular weight is 483 g/mol. The summed E-state index contributed by atoms with van der Waals surface area (Å²) in [5.41, 5.74) is 0.966. The number of amides is 1. The summed E-state index contributed by atoms with van der Waals surface area (Å²) >= 11 is 13.0. The van der Waals surface area contributed by atoms with Gasteiger partial charge in [0.05, 0.1) is 21.4 Å². The van der Waals surface area contributed by atoms with E-state index in [1.165, 1.54) is 12.1 Å². The largest absolute Gasteiger partial charge is 0.479 e. The van der Waals surface area contributed by atoms with Gasteiger partial charge in [0.2, 0.25) is 5.91 Å². The van der Waals surface area contributed by atoms with E-state index in [1.54, 1.807) is 38.1 Å². The van der Waals surface area contributed by atoms with Crippen molar-refractivity contribution in [2.24, 2.45) is 0 Å². The summed E-state index contributed by atoms with van der Waals surface area (Å²) in [7, 11) is 0. The predicted octanol–water partition coefficient (Wildman–Crippen LogP) is 5.46. The number of anilines is 1. The number of nitro benzene ring substituents is 1. The standard InChI is InChI=1S/C19H16Cl2N4O5S/c1-10-3-5-13(25(27)28)8-15(10)22-17(26)9-31-19-24-23-18(30-19)11(2)29-16-6-4-12(20)7-14(16)21/h3-8,11H,9H2,1-2H3,(H,22,26)/t11-/m0/s1. The van der Waals surface area contributed by atoms with E-state index in [1.807, 2.05) is 0 Å². The lowest BCUT2D eigenvalue weighted by Gasteiger charge is -2.12.